The molecular formula is C22H34N6O. The Hall–Kier alpha value is -2.54. The molecule has 0 saturated carbocycles. The molecule has 0 radical (unpaired) electrons. The molecule has 158 valence electrons. The fourth-order valence-corrected chi connectivity index (χ4v) is 3.53. The van der Waals surface area contributed by atoms with Crippen molar-refractivity contribution in [3.05, 3.63) is 47.7 Å². The third-order valence-electron chi connectivity index (χ3n) is 5.41. The maximum Gasteiger partial charge on any atom is 0.216 e. The van der Waals surface area contributed by atoms with Gasteiger partial charge in [-0.25, -0.2) is 9.98 Å². The molecule has 1 unspecified atom stereocenters. The van der Waals surface area contributed by atoms with Gasteiger partial charge in [0.05, 0.1) is 5.69 Å². The lowest BCUT2D eigenvalue weighted by Gasteiger charge is -2.39. The van der Waals surface area contributed by atoms with Gasteiger partial charge < -0.3 is 20.0 Å². The quantitative estimate of drug-likeness (QED) is 0.552. The van der Waals surface area contributed by atoms with E-state index < -0.39 is 0 Å². The molecule has 1 aliphatic rings. The first-order chi connectivity index (χ1) is 14.1. The van der Waals surface area contributed by atoms with Gasteiger partial charge in [0, 0.05) is 51.0 Å². The molecule has 0 bridgehead atoms. The third-order valence-corrected chi connectivity index (χ3v) is 5.41. The molecule has 1 aromatic heterocycles. The van der Waals surface area contributed by atoms with Crippen LogP contribution in [-0.2, 0) is 6.54 Å². The van der Waals surface area contributed by atoms with Gasteiger partial charge in [-0.05, 0) is 39.8 Å². The van der Waals surface area contributed by atoms with Crippen LogP contribution in [0.5, 0.6) is 0 Å². The van der Waals surface area contributed by atoms with Gasteiger partial charge >= 0.3 is 0 Å². The van der Waals surface area contributed by atoms with Crippen molar-refractivity contribution in [2.45, 2.75) is 40.3 Å². The summed E-state index contributed by atoms with van der Waals surface area (Å²) >= 11 is 0. The van der Waals surface area contributed by atoms with Crippen molar-refractivity contribution in [3.8, 4) is 0 Å². The van der Waals surface area contributed by atoms with Crippen molar-refractivity contribution in [1.29, 1.82) is 0 Å². The molecule has 2 N–H and O–H groups in total. The van der Waals surface area contributed by atoms with Crippen LogP contribution < -0.4 is 15.5 Å². The van der Waals surface area contributed by atoms with Crippen LogP contribution in [0, 0.1) is 13.8 Å². The molecule has 2 aromatic rings. The molecule has 1 fully saturated rings. The van der Waals surface area contributed by atoms with Crippen LogP contribution in [-0.4, -0.2) is 61.2 Å². The van der Waals surface area contributed by atoms with Gasteiger partial charge in [0.1, 0.15) is 12.3 Å². The summed E-state index contributed by atoms with van der Waals surface area (Å²) in [5.74, 6) is 2.31. The SMILES string of the molecule is CCNC(=NCc1nc(C)c(C)o1)NCC(C)N1CCN(c2ccccc2)CC1. The Kier molecular flexibility index (Phi) is 7.52. The van der Waals surface area contributed by atoms with Crippen molar-refractivity contribution in [2.75, 3.05) is 44.2 Å². The van der Waals surface area contributed by atoms with Crippen molar-refractivity contribution < 1.29 is 4.42 Å². The van der Waals surface area contributed by atoms with Crippen LogP contribution in [0.2, 0.25) is 0 Å². The van der Waals surface area contributed by atoms with Crippen LogP contribution in [0.4, 0.5) is 5.69 Å². The fraction of sp³-hybridized carbons (Fsp3) is 0.545. The van der Waals surface area contributed by atoms with E-state index in [4.69, 9.17) is 4.42 Å². The highest BCUT2D eigenvalue weighted by molar-refractivity contribution is 5.79. The number of aryl methyl sites for hydroxylation is 2. The first-order valence-electron chi connectivity index (χ1n) is 10.6. The van der Waals surface area contributed by atoms with E-state index >= 15 is 0 Å². The Labute approximate surface area is 174 Å². The van der Waals surface area contributed by atoms with Gasteiger partial charge in [0.15, 0.2) is 5.96 Å². The summed E-state index contributed by atoms with van der Waals surface area (Å²) in [4.78, 5) is 14.0. The maximum absolute atomic E-state index is 5.62. The number of anilines is 1. The second-order valence-corrected chi connectivity index (χ2v) is 7.53. The number of nitrogens with zero attached hydrogens (tertiary/aromatic N) is 4. The normalized spacial score (nSPS) is 16.7. The average Bonchev–Trinajstić information content (AvgIpc) is 3.08. The Morgan fingerprint density at radius 2 is 1.86 bits per heavy atom. The highest BCUT2D eigenvalue weighted by Gasteiger charge is 2.21. The molecule has 1 saturated heterocycles. The Morgan fingerprint density at radius 1 is 1.14 bits per heavy atom. The zero-order valence-electron chi connectivity index (χ0n) is 18.1. The molecule has 0 amide bonds. The number of oxazole rings is 1. The van der Waals surface area contributed by atoms with Crippen LogP contribution >= 0.6 is 0 Å². The Balaban J connectivity index is 1.47. The van der Waals surface area contributed by atoms with Crippen LogP contribution in [0.15, 0.2) is 39.7 Å². The van der Waals surface area contributed by atoms with Gasteiger partial charge in [-0.15, -0.1) is 0 Å². The van der Waals surface area contributed by atoms with E-state index in [1.807, 2.05) is 13.8 Å². The van der Waals surface area contributed by atoms with E-state index in [2.05, 4.69) is 74.6 Å². The molecule has 2 heterocycles. The van der Waals surface area contributed by atoms with E-state index in [0.29, 0.717) is 18.5 Å². The molecule has 7 nitrogen and oxygen atoms in total. The minimum absolute atomic E-state index is 0.433. The molecule has 7 heteroatoms. The number of nitrogens with one attached hydrogen (secondary N) is 2. The third kappa shape index (κ3) is 5.97. The lowest BCUT2D eigenvalue weighted by molar-refractivity contribution is 0.197. The minimum Gasteiger partial charge on any atom is -0.444 e. The predicted molar refractivity (Wildman–Crippen MR) is 118 cm³/mol. The van der Waals surface area contributed by atoms with Crippen molar-refractivity contribution in [3.63, 3.8) is 0 Å². The van der Waals surface area contributed by atoms with E-state index in [9.17, 15) is 0 Å². The number of benzene rings is 1. The molecule has 1 atom stereocenters. The largest absolute Gasteiger partial charge is 0.444 e. The molecule has 1 aliphatic heterocycles. The number of rotatable bonds is 7. The zero-order chi connectivity index (χ0) is 20.6. The van der Waals surface area contributed by atoms with Gasteiger partial charge in [0.25, 0.3) is 0 Å². The minimum atomic E-state index is 0.433. The number of hydrogen-bond donors (Lipinski definition) is 2. The summed E-state index contributed by atoms with van der Waals surface area (Å²) in [5.41, 5.74) is 2.24. The summed E-state index contributed by atoms with van der Waals surface area (Å²) in [5, 5.41) is 6.77. The van der Waals surface area contributed by atoms with Crippen molar-refractivity contribution in [2.24, 2.45) is 4.99 Å². The molecule has 0 aliphatic carbocycles. The molecule has 1 aromatic carbocycles. The molecule has 29 heavy (non-hydrogen) atoms. The molecule has 3 rings (SSSR count). The number of aromatic nitrogens is 1. The Morgan fingerprint density at radius 3 is 2.48 bits per heavy atom. The van der Waals surface area contributed by atoms with Crippen LogP contribution in [0.1, 0.15) is 31.2 Å². The second kappa shape index (κ2) is 10.3. The number of aliphatic imine (C=N–C) groups is 1. The monoisotopic (exact) mass is 398 g/mol. The van der Waals surface area contributed by atoms with Crippen LogP contribution in [0.25, 0.3) is 0 Å². The number of piperazine rings is 1. The van der Waals surface area contributed by atoms with Gasteiger partial charge in [-0.1, -0.05) is 18.2 Å². The fourth-order valence-electron chi connectivity index (χ4n) is 3.53. The van der Waals surface area contributed by atoms with Crippen molar-refractivity contribution >= 4 is 11.6 Å². The first-order valence-corrected chi connectivity index (χ1v) is 10.6. The highest BCUT2D eigenvalue weighted by atomic mass is 16.4. The first kappa shape index (κ1) is 21.2. The smallest absolute Gasteiger partial charge is 0.216 e. The standard InChI is InChI=1S/C22H34N6O/c1-5-23-22(25-16-21-26-18(3)19(4)29-21)24-15-17(2)27-11-13-28(14-12-27)20-9-7-6-8-10-20/h6-10,17H,5,11-16H2,1-4H3,(H2,23,24,25). The Bertz CT molecular complexity index is 760. The zero-order valence-corrected chi connectivity index (χ0v) is 18.1. The maximum atomic E-state index is 5.62. The van der Waals surface area contributed by atoms with E-state index in [1.54, 1.807) is 0 Å². The predicted octanol–water partition coefficient (Wildman–Crippen LogP) is 2.56. The molecule has 0 spiro atoms. The van der Waals surface area contributed by atoms with Crippen molar-refractivity contribution in [1.82, 2.24) is 20.5 Å². The number of hydrogen-bond acceptors (Lipinski definition) is 5. The lowest BCUT2D eigenvalue weighted by Crippen LogP contribution is -2.53. The van der Waals surface area contributed by atoms with E-state index in [-0.39, 0.29) is 0 Å². The average molecular weight is 399 g/mol. The summed E-state index contributed by atoms with van der Waals surface area (Å²) in [6.07, 6.45) is 0. The topological polar surface area (TPSA) is 68.9 Å². The molecular weight excluding hydrogens is 364 g/mol. The van der Waals surface area contributed by atoms with E-state index in [0.717, 1.165) is 56.7 Å². The summed E-state index contributed by atoms with van der Waals surface area (Å²) < 4.78 is 5.62. The number of para-hydroxylation sites is 1. The van der Waals surface area contributed by atoms with Gasteiger partial charge in [-0.2, -0.15) is 0 Å². The summed E-state index contributed by atoms with van der Waals surface area (Å²) in [6.45, 7) is 14.6. The van der Waals surface area contributed by atoms with Gasteiger partial charge in [-0.3, -0.25) is 4.90 Å². The lowest BCUT2D eigenvalue weighted by atomic mass is 10.2. The highest BCUT2D eigenvalue weighted by Crippen LogP contribution is 2.16. The van der Waals surface area contributed by atoms with Gasteiger partial charge in [0.2, 0.25) is 5.89 Å². The summed E-state index contributed by atoms with van der Waals surface area (Å²) in [6, 6.07) is 11.1. The second-order valence-electron chi connectivity index (χ2n) is 7.53. The van der Waals surface area contributed by atoms with Crippen LogP contribution in [0.3, 0.4) is 0 Å². The number of guanidine groups is 1. The van der Waals surface area contributed by atoms with E-state index in [1.165, 1.54) is 5.69 Å². The summed E-state index contributed by atoms with van der Waals surface area (Å²) in [7, 11) is 0.